The molecule has 4 aromatic rings. The highest BCUT2D eigenvalue weighted by molar-refractivity contribution is 5.76. The summed E-state index contributed by atoms with van der Waals surface area (Å²) in [5.74, 6) is -0.500. The van der Waals surface area contributed by atoms with Gasteiger partial charge in [-0.3, -0.25) is 19.2 Å². The molecule has 1 aliphatic rings. The number of esters is 4. The number of hydrogen-bond acceptors (Lipinski definition) is 11. The van der Waals surface area contributed by atoms with Gasteiger partial charge in [0.2, 0.25) is 0 Å². The number of ether oxygens (including phenoxy) is 6. The third kappa shape index (κ3) is 8.54. The van der Waals surface area contributed by atoms with Crippen LogP contribution in [0.3, 0.4) is 0 Å². The second-order valence-electron chi connectivity index (χ2n) is 10.6. The van der Waals surface area contributed by atoms with Gasteiger partial charge in [-0.05, 0) is 65.2 Å². The van der Waals surface area contributed by atoms with Gasteiger partial charge < -0.3 is 33.5 Å². The van der Waals surface area contributed by atoms with Crippen LogP contribution < -0.4 is 28.4 Å². The first-order valence-corrected chi connectivity index (χ1v) is 14.4. The molecular formula is C36H30O11. The lowest BCUT2D eigenvalue weighted by molar-refractivity contribution is -0.133. The summed E-state index contributed by atoms with van der Waals surface area (Å²) in [6, 6.07) is 21.1. The number of fused-ring (bicyclic) bond motifs is 1. The molecule has 4 aromatic carbocycles. The fraction of sp³-hybridized carbons (Fsp3) is 0.167. The molecule has 2 unspecified atom stereocenters. The molecule has 1 aliphatic heterocycles. The highest BCUT2D eigenvalue weighted by Gasteiger charge is 2.35. The summed E-state index contributed by atoms with van der Waals surface area (Å²) >= 11 is 0. The van der Waals surface area contributed by atoms with E-state index in [9.17, 15) is 24.3 Å². The lowest BCUT2D eigenvalue weighted by Crippen LogP contribution is -2.26. The maximum absolute atomic E-state index is 11.8. The van der Waals surface area contributed by atoms with Gasteiger partial charge in [0.15, 0.2) is 23.7 Å². The molecule has 0 saturated heterocycles. The zero-order valence-corrected chi connectivity index (χ0v) is 25.8. The van der Waals surface area contributed by atoms with E-state index in [-0.39, 0.29) is 28.7 Å². The predicted octanol–water partition coefficient (Wildman–Crippen LogP) is 6.52. The second kappa shape index (κ2) is 13.9. The molecule has 1 N–H and O–H groups in total. The minimum atomic E-state index is -0.790. The number of phenolic OH excluding ortho intramolecular Hbond substituents is 1. The van der Waals surface area contributed by atoms with Crippen LogP contribution in [0.25, 0.3) is 12.2 Å². The van der Waals surface area contributed by atoms with Crippen molar-refractivity contribution in [1.29, 1.82) is 0 Å². The molecule has 0 amide bonds. The van der Waals surface area contributed by atoms with Gasteiger partial charge in [-0.2, -0.15) is 0 Å². The monoisotopic (exact) mass is 638 g/mol. The lowest BCUT2D eigenvalue weighted by Gasteiger charge is -2.35. The van der Waals surface area contributed by atoms with Gasteiger partial charge in [-0.25, -0.2) is 0 Å². The molecule has 5 rings (SSSR count). The standard InChI is InChI=1S/C36H30O11/c1-20(37)42-29-13-25(14-30(18-29)43-21(2)38)6-5-24-7-12-33-34(15-24)47-35(26-8-10-28(41)11-9-26)36(46-33)27-16-31(44-22(3)39)19-32(17-27)45-23(4)40/h5-19,35-36,41H,1-4H3/b6-5+. The molecule has 0 radical (unpaired) electrons. The van der Waals surface area contributed by atoms with Crippen molar-refractivity contribution in [2.24, 2.45) is 0 Å². The van der Waals surface area contributed by atoms with Crippen molar-refractivity contribution in [2.75, 3.05) is 0 Å². The van der Waals surface area contributed by atoms with E-state index in [0.717, 1.165) is 5.56 Å². The zero-order valence-electron chi connectivity index (χ0n) is 25.8. The first kappa shape index (κ1) is 32.3. The van der Waals surface area contributed by atoms with Crippen molar-refractivity contribution in [3.63, 3.8) is 0 Å². The molecule has 2 atom stereocenters. The number of rotatable bonds is 8. The molecular weight excluding hydrogens is 608 g/mol. The Morgan fingerprint density at radius 1 is 0.532 bits per heavy atom. The molecule has 0 bridgehead atoms. The van der Waals surface area contributed by atoms with Crippen LogP contribution >= 0.6 is 0 Å². The molecule has 0 saturated carbocycles. The van der Waals surface area contributed by atoms with Gasteiger partial charge in [-0.1, -0.05) is 30.4 Å². The predicted molar refractivity (Wildman–Crippen MR) is 168 cm³/mol. The van der Waals surface area contributed by atoms with E-state index < -0.39 is 36.1 Å². The maximum Gasteiger partial charge on any atom is 0.308 e. The third-order valence-electron chi connectivity index (χ3n) is 6.62. The number of hydrogen-bond donors (Lipinski definition) is 1. The second-order valence-corrected chi connectivity index (χ2v) is 10.6. The van der Waals surface area contributed by atoms with Crippen molar-refractivity contribution >= 4 is 36.0 Å². The molecule has 0 aliphatic carbocycles. The smallest absolute Gasteiger partial charge is 0.308 e. The highest BCUT2D eigenvalue weighted by Crippen LogP contribution is 2.47. The number of carbonyl (C=O) groups is 4. The summed E-state index contributed by atoms with van der Waals surface area (Å²) in [5.41, 5.74) is 2.51. The van der Waals surface area contributed by atoms with E-state index in [2.05, 4.69) is 0 Å². The number of carbonyl (C=O) groups excluding carboxylic acids is 4. The van der Waals surface area contributed by atoms with Crippen LogP contribution in [-0.4, -0.2) is 29.0 Å². The number of benzene rings is 4. The van der Waals surface area contributed by atoms with E-state index in [0.29, 0.717) is 28.2 Å². The van der Waals surface area contributed by atoms with Gasteiger partial charge in [0.05, 0.1) is 0 Å². The van der Waals surface area contributed by atoms with Crippen LogP contribution in [0.4, 0.5) is 0 Å². The van der Waals surface area contributed by atoms with E-state index >= 15 is 0 Å². The van der Waals surface area contributed by atoms with E-state index in [1.165, 1.54) is 52.0 Å². The van der Waals surface area contributed by atoms with Gasteiger partial charge in [0.1, 0.15) is 28.7 Å². The van der Waals surface area contributed by atoms with Crippen molar-refractivity contribution < 1.29 is 52.7 Å². The fourth-order valence-electron chi connectivity index (χ4n) is 4.90. The largest absolute Gasteiger partial charge is 0.508 e. The van der Waals surface area contributed by atoms with E-state index in [1.807, 2.05) is 0 Å². The lowest BCUT2D eigenvalue weighted by atomic mass is 9.96. The summed E-state index contributed by atoms with van der Waals surface area (Å²) < 4.78 is 34.0. The molecule has 0 spiro atoms. The topological polar surface area (TPSA) is 144 Å². The molecule has 0 fully saturated rings. The summed E-state index contributed by atoms with van der Waals surface area (Å²) in [6.07, 6.45) is 2.01. The quantitative estimate of drug-likeness (QED) is 0.128. The average Bonchev–Trinajstić information content (AvgIpc) is 2.98. The Morgan fingerprint density at radius 3 is 1.49 bits per heavy atom. The molecule has 1 heterocycles. The SMILES string of the molecule is CC(=O)Oc1cc(/C=C/c2ccc3c(c2)OC(c2ccc(O)cc2)C(c2cc(OC(C)=O)cc(OC(C)=O)c2)O3)cc(OC(C)=O)c1. The molecule has 47 heavy (non-hydrogen) atoms. The summed E-state index contributed by atoms with van der Waals surface area (Å²) in [6.45, 7) is 5.06. The molecule has 11 nitrogen and oxygen atoms in total. The van der Waals surface area contributed by atoms with E-state index in [1.54, 1.807) is 66.7 Å². The average molecular weight is 639 g/mol. The Balaban J connectivity index is 1.51. The van der Waals surface area contributed by atoms with Crippen molar-refractivity contribution in [3.05, 3.63) is 101 Å². The minimum absolute atomic E-state index is 0.0680. The molecule has 0 aromatic heterocycles. The summed E-state index contributed by atoms with van der Waals surface area (Å²) in [4.78, 5) is 46.6. The Labute approximate surface area is 269 Å². The maximum atomic E-state index is 11.8. The minimum Gasteiger partial charge on any atom is -0.508 e. The van der Waals surface area contributed by atoms with Gasteiger partial charge in [0.25, 0.3) is 0 Å². The fourth-order valence-corrected chi connectivity index (χ4v) is 4.90. The normalized spacial score (nSPS) is 15.1. The van der Waals surface area contributed by atoms with Crippen LogP contribution in [-0.2, 0) is 19.2 Å². The Kier molecular flexibility index (Phi) is 9.55. The van der Waals surface area contributed by atoms with Gasteiger partial charge >= 0.3 is 23.9 Å². The van der Waals surface area contributed by atoms with Crippen LogP contribution in [0, 0.1) is 0 Å². The molecule has 11 heteroatoms. The number of aromatic hydroxyl groups is 1. The van der Waals surface area contributed by atoms with Crippen LogP contribution in [0.2, 0.25) is 0 Å². The van der Waals surface area contributed by atoms with Crippen LogP contribution in [0.15, 0.2) is 78.9 Å². The van der Waals surface area contributed by atoms with E-state index in [4.69, 9.17) is 28.4 Å². The highest BCUT2D eigenvalue weighted by atomic mass is 16.6. The Morgan fingerprint density at radius 2 is 0.979 bits per heavy atom. The zero-order chi connectivity index (χ0) is 33.7. The first-order valence-electron chi connectivity index (χ1n) is 14.4. The van der Waals surface area contributed by atoms with Crippen LogP contribution in [0.5, 0.6) is 40.2 Å². The first-order chi connectivity index (χ1) is 22.4. The summed E-state index contributed by atoms with van der Waals surface area (Å²) in [7, 11) is 0. The van der Waals surface area contributed by atoms with Crippen molar-refractivity contribution in [3.8, 4) is 40.2 Å². The van der Waals surface area contributed by atoms with Gasteiger partial charge in [-0.15, -0.1) is 0 Å². The van der Waals surface area contributed by atoms with Crippen molar-refractivity contribution in [2.45, 2.75) is 39.9 Å². The Hall–Kier alpha value is -6.10. The Bertz CT molecular complexity index is 1810. The van der Waals surface area contributed by atoms with Crippen molar-refractivity contribution in [1.82, 2.24) is 0 Å². The summed E-state index contributed by atoms with van der Waals surface area (Å²) in [5, 5.41) is 9.92. The van der Waals surface area contributed by atoms with Crippen LogP contribution in [0.1, 0.15) is 62.2 Å². The molecule has 240 valence electrons. The number of phenols is 1. The van der Waals surface area contributed by atoms with Gasteiger partial charge in [0, 0.05) is 45.4 Å². The third-order valence-corrected chi connectivity index (χ3v) is 6.62.